The molecule has 0 saturated heterocycles. The van der Waals surface area contributed by atoms with Gasteiger partial charge in [0.25, 0.3) is 0 Å². The topological polar surface area (TPSA) is 123 Å². The van der Waals surface area contributed by atoms with Crippen LogP contribution in [0.4, 0.5) is 5.69 Å². The Balaban J connectivity index is 2.08. The Morgan fingerprint density at radius 3 is 2.81 bits per heavy atom. The highest BCUT2D eigenvalue weighted by molar-refractivity contribution is 6.33. The van der Waals surface area contributed by atoms with Gasteiger partial charge in [-0.15, -0.1) is 5.10 Å². The molecule has 8 nitrogen and oxygen atoms in total. The van der Waals surface area contributed by atoms with Gasteiger partial charge in [0.15, 0.2) is 0 Å². The van der Waals surface area contributed by atoms with Crippen molar-refractivity contribution in [3.05, 3.63) is 40.7 Å². The van der Waals surface area contributed by atoms with Crippen molar-refractivity contribution in [3.63, 3.8) is 0 Å². The number of carbonyl (C=O) groups is 2. The van der Waals surface area contributed by atoms with E-state index in [0.29, 0.717) is 5.69 Å². The number of amides is 1. The number of anilines is 1. The molecule has 0 fully saturated rings. The van der Waals surface area contributed by atoms with Crippen LogP contribution < -0.4 is 11.1 Å². The van der Waals surface area contributed by atoms with Crippen molar-refractivity contribution < 1.29 is 14.7 Å². The van der Waals surface area contributed by atoms with E-state index in [4.69, 9.17) is 22.4 Å². The number of aromatic carboxylic acids is 1. The maximum Gasteiger partial charge on any atom is 0.335 e. The average Bonchev–Trinajstić information content (AvgIpc) is 2.88. The Morgan fingerprint density at radius 1 is 1.43 bits per heavy atom. The summed E-state index contributed by atoms with van der Waals surface area (Å²) in [5.74, 6) is -1.51. The van der Waals surface area contributed by atoms with Crippen molar-refractivity contribution in [3.8, 4) is 0 Å². The summed E-state index contributed by atoms with van der Waals surface area (Å²) in [6.45, 7) is 0.148. The highest BCUT2D eigenvalue weighted by atomic mass is 35.5. The Morgan fingerprint density at radius 2 is 2.19 bits per heavy atom. The first-order valence-corrected chi connectivity index (χ1v) is 6.29. The van der Waals surface area contributed by atoms with Crippen LogP contribution in [0.2, 0.25) is 5.02 Å². The summed E-state index contributed by atoms with van der Waals surface area (Å²) >= 11 is 5.92. The normalized spacial score (nSPS) is 10.4. The molecule has 21 heavy (non-hydrogen) atoms. The molecule has 0 spiro atoms. The van der Waals surface area contributed by atoms with E-state index in [-0.39, 0.29) is 29.4 Å². The summed E-state index contributed by atoms with van der Waals surface area (Å²) in [6, 6.07) is 4.04. The van der Waals surface area contributed by atoms with Gasteiger partial charge in [0.05, 0.1) is 28.2 Å². The Hall–Kier alpha value is -2.45. The fourth-order valence-corrected chi connectivity index (χ4v) is 1.77. The molecule has 2 rings (SSSR count). The molecule has 1 aromatic heterocycles. The Kier molecular flexibility index (Phi) is 4.51. The zero-order valence-electron chi connectivity index (χ0n) is 10.8. The van der Waals surface area contributed by atoms with Gasteiger partial charge in [-0.2, -0.15) is 0 Å². The average molecular weight is 310 g/mol. The minimum Gasteiger partial charge on any atom is -0.478 e. The molecule has 110 valence electrons. The summed E-state index contributed by atoms with van der Waals surface area (Å²) in [7, 11) is 0. The zero-order valence-corrected chi connectivity index (χ0v) is 11.5. The fourth-order valence-electron chi connectivity index (χ4n) is 1.60. The molecule has 0 bridgehead atoms. The summed E-state index contributed by atoms with van der Waals surface area (Å²) in [5.41, 5.74) is 6.21. The van der Waals surface area contributed by atoms with E-state index in [1.165, 1.54) is 22.9 Å². The van der Waals surface area contributed by atoms with Crippen LogP contribution >= 0.6 is 11.6 Å². The van der Waals surface area contributed by atoms with E-state index in [1.807, 2.05) is 0 Å². The van der Waals surface area contributed by atoms with Gasteiger partial charge in [-0.1, -0.05) is 16.8 Å². The first-order valence-electron chi connectivity index (χ1n) is 5.91. The molecule has 0 aliphatic carbocycles. The van der Waals surface area contributed by atoms with Gasteiger partial charge >= 0.3 is 5.97 Å². The molecule has 9 heteroatoms. The monoisotopic (exact) mass is 309 g/mol. The lowest BCUT2D eigenvalue weighted by Crippen LogP contribution is -2.19. The first-order chi connectivity index (χ1) is 9.99. The molecule has 0 aliphatic heterocycles. The molecule has 0 aliphatic rings. The number of nitrogens with zero attached hydrogens (tertiary/aromatic N) is 3. The van der Waals surface area contributed by atoms with E-state index in [9.17, 15) is 9.59 Å². The Bertz CT molecular complexity index is 685. The van der Waals surface area contributed by atoms with Gasteiger partial charge in [-0.3, -0.25) is 4.79 Å². The summed E-state index contributed by atoms with van der Waals surface area (Å²) < 4.78 is 1.33. The SMILES string of the molecule is NCc1cn(CC(=O)Nc2cc(C(=O)O)ccc2Cl)nn1. The van der Waals surface area contributed by atoms with Crippen LogP contribution in [-0.4, -0.2) is 32.0 Å². The Labute approximate surface area is 124 Å². The largest absolute Gasteiger partial charge is 0.478 e. The lowest BCUT2D eigenvalue weighted by atomic mass is 10.2. The molecular formula is C12H12ClN5O3. The van der Waals surface area contributed by atoms with Crippen LogP contribution in [0.1, 0.15) is 16.1 Å². The van der Waals surface area contributed by atoms with Crippen molar-refractivity contribution in [2.24, 2.45) is 5.73 Å². The third-order valence-corrected chi connectivity index (χ3v) is 2.92. The number of carboxylic acid groups (broad SMARTS) is 1. The van der Waals surface area contributed by atoms with Gasteiger partial charge in [0.1, 0.15) is 6.54 Å². The summed E-state index contributed by atoms with van der Waals surface area (Å²) in [6.07, 6.45) is 1.55. The summed E-state index contributed by atoms with van der Waals surface area (Å²) in [5, 5.41) is 19.2. The van der Waals surface area contributed by atoms with Crippen molar-refractivity contribution >= 4 is 29.2 Å². The van der Waals surface area contributed by atoms with Crippen LogP contribution in [0.5, 0.6) is 0 Å². The second kappa shape index (κ2) is 6.33. The number of hydrogen-bond donors (Lipinski definition) is 3. The van der Waals surface area contributed by atoms with E-state index in [0.717, 1.165) is 0 Å². The van der Waals surface area contributed by atoms with E-state index < -0.39 is 11.9 Å². The standard InChI is InChI=1S/C12H12ClN5O3/c13-9-2-1-7(12(20)21)3-10(9)15-11(19)6-18-5-8(4-14)16-17-18/h1-3,5H,4,6,14H2,(H,15,19)(H,20,21). The lowest BCUT2D eigenvalue weighted by Gasteiger charge is -2.08. The predicted molar refractivity (Wildman–Crippen MR) is 75.0 cm³/mol. The van der Waals surface area contributed by atoms with Gasteiger partial charge in [0.2, 0.25) is 5.91 Å². The third-order valence-electron chi connectivity index (χ3n) is 2.59. The number of carboxylic acids is 1. The molecule has 1 heterocycles. The number of halogens is 1. The second-order valence-electron chi connectivity index (χ2n) is 4.16. The number of carbonyl (C=O) groups excluding carboxylic acids is 1. The molecule has 0 radical (unpaired) electrons. The minimum absolute atomic E-state index is 0.0286. The summed E-state index contributed by atoms with van der Waals surface area (Å²) in [4.78, 5) is 22.8. The van der Waals surface area contributed by atoms with Crippen molar-refractivity contribution in [1.29, 1.82) is 0 Å². The highest BCUT2D eigenvalue weighted by Gasteiger charge is 2.11. The van der Waals surface area contributed by atoms with Crippen LogP contribution in [0.25, 0.3) is 0 Å². The van der Waals surface area contributed by atoms with E-state index in [2.05, 4.69) is 15.6 Å². The minimum atomic E-state index is -1.11. The molecule has 0 atom stereocenters. The molecule has 1 amide bonds. The third kappa shape index (κ3) is 3.77. The molecular weight excluding hydrogens is 298 g/mol. The number of benzene rings is 1. The van der Waals surface area contributed by atoms with E-state index in [1.54, 1.807) is 6.20 Å². The maximum atomic E-state index is 11.9. The van der Waals surface area contributed by atoms with E-state index >= 15 is 0 Å². The molecule has 0 unspecified atom stereocenters. The van der Waals surface area contributed by atoms with Gasteiger partial charge in [-0.25, -0.2) is 9.48 Å². The number of aromatic nitrogens is 3. The number of hydrogen-bond acceptors (Lipinski definition) is 5. The van der Waals surface area contributed by atoms with Gasteiger partial charge in [0, 0.05) is 6.54 Å². The molecule has 4 N–H and O–H groups in total. The van der Waals surface area contributed by atoms with Gasteiger partial charge < -0.3 is 16.2 Å². The fraction of sp³-hybridized carbons (Fsp3) is 0.167. The van der Waals surface area contributed by atoms with Crippen molar-refractivity contribution in [1.82, 2.24) is 15.0 Å². The molecule has 0 saturated carbocycles. The van der Waals surface area contributed by atoms with Gasteiger partial charge in [-0.05, 0) is 18.2 Å². The quantitative estimate of drug-likeness (QED) is 0.748. The number of rotatable bonds is 5. The number of nitrogens with one attached hydrogen (secondary N) is 1. The number of nitrogens with two attached hydrogens (primary N) is 1. The van der Waals surface area contributed by atoms with Crippen molar-refractivity contribution in [2.75, 3.05) is 5.32 Å². The van der Waals surface area contributed by atoms with Crippen LogP contribution in [0.15, 0.2) is 24.4 Å². The molecule has 1 aromatic carbocycles. The second-order valence-corrected chi connectivity index (χ2v) is 4.57. The van der Waals surface area contributed by atoms with Crippen molar-refractivity contribution in [2.45, 2.75) is 13.1 Å². The van der Waals surface area contributed by atoms with Crippen LogP contribution in [0.3, 0.4) is 0 Å². The lowest BCUT2D eigenvalue weighted by molar-refractivity contribution is -0.116. The smallest absolute Gasteiger partial charge is 0.335 e. The van der Waals surface area contributed by atoms with Crippen LogP contribution in [-0.2, 0) is 17.9 Å². The zero-order chi connectivity index (χ0) is 15.4. The van der Waals surface area contributed by atoms with Crippen LogP contribution in [0, 0.1) is 0 Å². The highest BCUT2D eigenvalue weighted by Crippen LogP contribution is 2.23. The first kappa shape index (κ1) is 14.9. The molecule has 2 aromatic rings. The maximum absolute atomic E-state index is 11.9. The predicted octanol–water partition coefficient (Wildman–Crippen LogP) is 0.727.